The van der Waals surface area contributed by atoms with Crippen molar-refractivity contribution in [1.82, 2.24) is 0 Å². The summed E-state index contributed by atoms with van der Waals surface area (Å²) in [6, 6.07) is -2.99. The van der Waals surface area contributed by atoms with Crippen LogP contribution in [0.2, 0.25) is 50.4 Å². The van der Waals surface area contributed by atoms with Crippen LogP contribution in [0.1, 0.15) is 25.7 Å². The Morgan fingerprint density at radius 1 is 0.275 bits per heavy atom. The van der Waals surface area contributed by atoms with Crippen LogP contribution in [0, 0.1) is 0 Å². The summed E-state index contributed by atoms with van der Waals surface area (Å²) in [7, 11) is -18.0. The molecule has 1 heterocycles. The summed E-state index contributed by atoms with van der Waals surface area (Å²) in [5, 5.41) is 0. The van der Waals surface area contributed by atoms with Gasteiger partial charge in [0, 0.05) is 26.4 Å². The molecule has 480 valence electrons. The van der Waals surface area contributed by atoms with Crippen LogP contribution in [0.4, 0.5) is 140 Å². The average Bonchev–Trinajstić information content (AvgIpc) is 3.26. The Labute approximate surface area is 435 Å². The first-order valence-electron chi connectivity index (χ1n) is 22.2. The zero-order valence-corrected chi connectivity index (χ0v) is 45.0. The van der Waals surface area contributed by atoms with E-state index >= 15 is 0 Å². The van der Waals surface area contributed by atoms with Crippen LogP contribution in [0.25, 0.3) is 0 Å². The van der Waals surface area contributed by atoms with Gasteiger partial charge in [-0.15, -0.1) is 0 Å². The minimum Gasteiger partial charge on any atom is -0.416 e. The van der Waals surface area contributed by atoms with E-state index in [2.05, 4.69) is 18.9 Å². The molecule has 0 saturated carbocycles. The van der Waals surface area contributed by atoms with Gasteiger partial charge in [0.15, 0.2) is 0 Å². The molecule has 0 N–H and O–H groups in total. The molecule has 80 heavy (non-hydrogen) atoms. The lowest BCUT2D eigenvalue weighted by Gasteiger charge is -2.50. The molecular formula is C36H48F32O8Si4. The van der Waals surface area contributed by atoms with Crippen molar-refractivity contribution in [3.63, 3.8) is 0 Å². The van der Waals surface area contributed by atoms with Gasteiger partial charge in [-0.05, 0) is 76.0 Å². The summed E-state index contributed by atoms with van der Waals surface area (Å²) in [4.78, 5) is 0. The van der Waals surface area contributed by atoms with Crippen LogP contribution < -0.4 is 0 Å². The standard InChI is InChI=1S/C36H48F32O8Si4/c1-77(13-5-9-69-17-25(45,46)33(61,62)29(53,54)21(37)38)73-78(2,14-6-10-70-18-26(47,48)34(63,64)30(55,56)22(39)40)75-80(4,16-8-12-72-20-28(51,52)36(67,68)32(59,60)24(43)44)76-79(3,74-77)15-7-11-71-19-27(49,50)35(65,66)31(57,58)23(41)42/h21-24H,5-20H2,1-4H3. The molecule has 0 aromatic heterocycles. The molecule has 1 aliphatic heterocycles. The molecule has 44 heteroatoms. The number of hydrogen-bond donors (Lipinski definition) is 0. The third kappa shape index (κ3) is 17.3. The topological polar surface area (TPSA) is 73.8 Å². The van der Waals surface area contributed by atoms with E-state index in [1.165, 1.54) is 0 Å². The Hall–Kier alpha value is -1.69. The predicted molar refractivity (Wildman–Crippen MR) is 215 cm³/mol. The van der Waals surface area contributed by atoms with Crippen molar-refractivity contribution < 1.29 is 176 Å². The maximum absolute atomic E-state index is 14.2. The second-order valence-corrected chi connectivity index (χ2v) is 32.7. The fourth-order valence-electron chi connectivity index (χ4n) is 6.99. The highest BCUT2D eigenvalue weighted by molar-refractivity contribution is 6.93. The van der Waals surface area contributed by atoms with Gasteiger partial charge < -0.3 is 35.4 Å². The van der Waals surface area contributed by atoms with Gasteiger partial charge >= 0.3 is 131 Å². The first kappa shape index (κ1) is 76.3. The number of hydrogen-bond acceptors (Lipinski definition) is 8. The monoisotopic (exact) mass is 1330 g/mol. The Balaban J connectivity index is 3.73. The Morgan fingerprint density at radius 2 is 0.412 bits per heavy atom. The Kier molecular flexibility index (Phi) is 25.3. The molecule has 8 nitrogen and oxygen atoms in total. The SMILES string of the molecule is C[Si]1(CCCOCC(F)(F)C(F)(F)C(F)(F)C(F)F)O[Si](C)(CCCOCC(F)(F)C(F)(F)C(F)(F)C(F)F)O[Si](C)(CCCOCC(F)(F)C(F)(F)C(F)(F)C(F)F)O[Si](C)(CCCOCC(F)(F)C(F)(F)C(F)(F)C(F)F)O1. The summed E-state index contributed by atoms with van der Waals surface area (Å²) < 4.78 is 474. The molecule has 0 aliphatic carbocycles. The van der Waals surface area contributed by atoms with Gasteiger partial charge in [-0.1, -0.05) is 0 Å². The van der Waals surface area contributed by atoms with Crippen molar-refractivity contribution >= 4 is 34.2 Å². The number of rotatable bonds is 36. The summed E-state index contributed by atoms with van der Waals surface area (Å²) in [5.41, 5.74) is 0. The Bertz CT molecular complexity index is 1650. The van der Waals surface area contributed by atoms with Crippen LogP contribution >= 0.6 is 0 Å². The van der Waals surface area contributed by atoms with E-state index in [0.29, 0.717) is 0 Å². The van der Waals surface area contributed by atoms with E-state index < -0.39 is 234 Å². The van der Waals surface area contributed by atoms with Crippen molar-refractivity contribution in [2.45, 2.75) is 173 Å². The van der Waals surface area contributed by atoms with Crippen molar-refractivity contribution in [1.29, 1.82) is 0 Å². The van der Waals surface area contributed by atoms with E-state index in [1.807, 2.05) is 0 Å². The molecule has 1 fully saturated rings. The largest absolute Gasteiger partial charge is 0.416 e. The lowest BCUT2D eigenvalue weighted by Crippen LogP contribution is -2.67. The van der Waals surface area contributed by atoms with Gasteiger partial charge in [0.25, 0.3) is 0 Å². The highest BCUT2D eigenvalue weighted by Crippen LogP contribution is 2.52. The molecule has 0 radical (unpaired) electrons. The molecule has 0 atom stereocenters. The van der Waals surface area contributed by atoms with Crippen LogP contribution in [0.5, 0.6) is 0 Å². The van der Waals surface area contributed by atoms with Crippen LogP contribution in [0.3, 0.4) is 0 Å². The third-order valence-electron chi connectivity index (χ3n) is 11.1. The first-order chi connectivity index (χ1) is 35.4. The molecule has 0 spiro atoms. The highest BCUT2D eigenvalue weighted by atomic mass is 28.5. The third-order valence-corrected chi connectivity index (χ3v) is 30.0. The van der Waals surface area contributed by atoms with Crippen LogP contribution in [0.15, 0.2) is 0 Å². The normalized spacial score (nSPS) is 23.7. The highest BCUT2D eigenvalue weighted by Gasteiger charge is 2.78. The van der Waals surface area contributed by atoms with Crippen molar-refractivity contribution in [3.8, 4) is 0 Å². The van der Waals surface area contributed by atoms with Gasteiger partial charge in [-0.25, -0.2) is 35.1 Å². The van der Waals surface area contributed by atoms with E-state index in [-0.39, 0.29) is 0 Å². The molecule has 1 aliphatic rings. The van der Waals surface area contributed by atoms with E-state index in [1.54, 1.807) is 0 Å². The summed E-state index contributed by atoms with van der Waals surface area (Å²) in [5.74, 6) is -77.7. The Morgan fingerprint density at radius 3 is 0.537 bits per heavy atom. The van der Waals surface area contributed by atoms with Crippen LogP contribution in [-0.2, 0) is 35.4 Å². The quantitative estimate of drug-likeness (QED) is 0.0349. The molecule has 0 amide bonds. The minimum atomic E-state index is -6.76. The van der Waals surface area contributed by atoms with Gasteiger partial charge in [-0.2, -0.15) is 105 Å². The average molecular weight is 1330 g/mol. The van der Waals surface area contributed by atoms with Gasteiger partial charge in [0.1, 0.15) is 26.4 Å². The fraction of sp³-hybridized carbons (Fsp3) is 1.00. The number of alkyl halides is 32. The van der Waals surface area contributed by atoms with E-state index in [0.717, 1.165) is 26.2 Å². The molecular weight excluding hydrogens is 1280 g/mol. The van der Waals surface area contributed by atoms with Gasteiger partial charge in [-0.3, -0.25) is 0 Å². The predicted octanol–water partition coefficient (Wildman–Crippen LogP) is 14.7. The smallest absolute Gasteiger partial charge is 0.380 e. The lowest BCUT2D eigenvalue weighted by atomic mass is 10.1. The molecule has 0 unspecified atom stereocenters. The minimum absolute atomic E-state index is 0.748. The maximum Gasteiger partial charge on any atom is 0.380 e. The van der Waals surface area contributed by atoms with Crippen molar-refractivity contribution in [2.75, 3.05) is 52.9 Å². The second kappa shape index (κ2) is 26.5. The molecule has 1 rings (SSSR count). The van der Waals surface area contributed by atoms with E-state index in [9.17, 15) is 140 Å². The van der Waals surface area contributed by atoms with Gasteiger partial charge in [0.2, 0.25) is 0 Å². The maximum atomic E-state index is 14.2. The number of halogens is 32. The second-order valence-electron chi connectivity index (χ2n) is 18.4. The van der Waals surface area contributed by atoms with Crippen molar-refractivity contribution in [3.05, 3.63) is 0 Å². The van der Waals surface area contributed by atoms with Gasteiger partial charge in [0.05, 0.1) is 0 Å². The zero-order valence-electron chi connectivity index (χ0n) is 41.0. The van der Waals surface area contributed by atoms with Crippen LogP contribution in [-0.4, -0.2) is 184 Å². The summed E-state index contributed by atoms with van der Waals surface area (Å²) in [6.45, 7) is -11.7. The lowest BCUT2D eigenvalue weighted by molar-refractivity contribution is -0.345. The first-order valence-corrected chi connectivity index (χ1v) is 32.3. The molecule has 0 aromatic rings. The summed E-state index contributed by atoms with van der Waals surface area (Å²) in [6.07, 6.45) is -24.5. The van der Waals surface area contributed by atoms with E-state index in [4.69, 9.17) is 16.5 Å². The summed E-state index contributed by atoms with van der Waals surface area (Å²) >= 11 is 0. The fourth-order valence-corrected chi connectivity index (χ4v) is 30.2. The molecule has 0 bridgehead atoms. The van der Waals surface area contributed by atoms with Crippen molar-refractivity contribution in [2.24, 2.45) is 0 Å². The zero-order chi connectivity index (χ0) is 63.3. The molecule has 1 saturated heterocycles. The number of ether oxygens (including phenoxy) is 4. The molecule has 0 aromatic carbocycles.